The summed E-state index contributed by atoms with van der Waals surface area (Å²) in [5.74, 6) is 1.84. The number of benzene rings is 2. The molecule has 1 amide bonds. The Morgan fingerprint density at radius 3 is 2.38 bits per heavy atom. The zero-order valence-corrected chi connectivity index (χ0v) is 22.6. The van der Waals surface area contributed by atoms with E-state index in [4.69, 9.17) is 9.51 Å². The highest BCUT2D eigenvalue weighted by molar-refractivity contribution is 5.73. The summed E-state index contributed by atoms with van der Waals surface area (Å²) in [4.78, 5) is 20.5. The summed E-state index contributed by atoms with van der Waals surface area (Å²) in [5, 5.41) is 16.8. The first-order valence-corrected chi connectivity index (χ1v) is 13.3. The van der Waals surface area contributed by atoms with Crippen molar-refractivity contribution in [1.82, 2.24) is 19.9 Å². The summed E-state index contributed by atoms with van der Waals surface area (Å²) >= 11 is 0. The van der Waals surface area contributed by atoms with E-state index in [2.05, 4.69) is 62.1 Å². The molecule has 0 saturated carbocycles. The molecule has 0 bridgehead atoms. The third-order valence-electron chi connectivity index (χ3n) is 8.38. The van der Waals surface area contributed by atoms with Crippen molar-refractivity contribution in [3.8, 4) is 11.4 Å². The molecular formula is C30H38N4O3. The molecule has 0 radical (unpaired) electrons. The van der Waals surface area contributed by atoms with Crippen LogP contribution < -0.4 is 0 Å². The van der Waals surface area contributed by atoms with Crippen LogP contribution in [0, 0.1) is 5.41 Å². The lowest BCUT2D eigenvalue weighted by atomic mass is 9.62. The van der Waals surface area contributed by atoms with Crippen molar-refractivity contribution in [2.75, 3.05) is 33.2 Å². The molecule has 1 N–H and O–H groups in total. The van der Waals surface area contributed by atoms with Crippen molar-refractivity contribution in [1.29, 1.82) is 0 Å². The van der Waals surface area contributed by atoms with E-state index < -0.39 is 5.60 Å². The maximum atomic E-state index is 12.5. The number of hydrogen-bond acceptors (Lipinski definition) is 6. The van der Waals surface area contributed by atoms with E-state index in [0.717, 1.165) is 42.6 Å². The lowest BCUT2D eigenvalue weighted by molar-refractivity contribution is -0.129. The Morgan fingerprint density at radius 2 is 1.78 bits per heavy atom. The monoisotopic (exact) mass is 502 g/mol. The molecule has 0 aliphatic carbocycles. The highest BCUT2D eigenvalue weighted by Crippen LogP contribution is 2.50. The van der Waals surface area contributed by atoms with Crippen molar-refractivity contribution in [2.24, 2.45) is 5.41 Å². The molecule has 2 aliphatic rings. The van der Waals surface area contributed by atoms with Crippen molar-refractivity contribution >= 4 is 5.91 Å². The first-order chi connectivity index (χ1) is 17.6. The van der Waals surface area contributed by atoms with E-state index in [0.29, 0.717) is 30.7 Å². The number of carbonyl (C=O) groups is 1. The molecule has 3 aromatic rings. The summed E-state index contributed by atoms with van der Waals surface area (Å²) < 4.78 is 5.68. The Balaban J connectivity index is 1.46. The highest BCUT2D eigenvalue weighted by atomic mass is 16.5. The second-order valence-electron chi connectivity index (χ2n) is 11.5. The molecule has 7 heteroatoms. The first-order valence-electron chi connectivity index (χ1n) is 13.3. The molecule has 5 rings (SSSR count). The number of likely N-dealkylation sites (tertiary alicyclic amines) is 2. The van der Waals surface area contributed by atoms with Gasteiger partial charge in [0.2, 0.25) is 17.6 Å². The van der Waals surface area contributed by atoms with Crippen molar-refractivity contribution in [3.63, 3.8) is 0 Å². The van der Waals surface area contributed by atoms with Gasteiger partial charge in [0.25, 0.3) is 0 Å². The first kappa shape index (κ1) is 25.6. The quantitative estimate of drug-likeness (QED) is 0.523. The van der Waals surface area contributed by atoms with Gasteiger partial charge in [-0.1, -0.05) is 68.4 Å². The van der Waals surface area contributed by atoms with Crippen LogP contribution in [0.15, 0.2) is 53.1 Å². The highest BCUT2D eigenvalue weighted by Gasteiger charge is 2.55. The van der Waals surface area contributed by atoms with Gasteiger partial charge in [0.1, 0.15) is 5.60 Å². The fourth-order valence-corrected chi connectivity index (χ4v) is 6.19. The van der Waals surface area contributed by atoms with Gasteiger partial charge in [0.05, 0.1) is 0 Å². The van der Waals surface area contributed by atoms with E-state index in [1.807, 2.05) is 29.2 Å². The predicted octanol–water partition coefficient (Wildman–Crippen LogP) is 4.77. The zero-order chi connectivity index (χ0) is 26.4. The molecular weight excluding hydrogens is 464 g/mol. The Labute approximate surface area is 219 Å². The van der Waals surface area contributed by atoms with E-state index in [1.165, 1.54) is 5.56 Å². The van der Waals surface area contributed by atoms with Crippen LogP contribution in [0.5, 0.6) is 0 Å². The number of nitrogens with zero attached hydrogens (tertiary/aromatic N) is 4. The Morgan fingerprint density at radius 1 is 1.11 bits per heavy atom. The summed E-state index contributed by atoms with van der Waals surface area (Å²) in [5.41, 5.74) is 2.30. The van der Waals surface area contributed by atoms with Gasteiger partial charge in [-0.2, -0.15) is 4.98 Å². The third-order valence-corrected chi connectivity index (χ3v) is 8.38. The lowest BCUT2D eigenvalue weighted by Gasteiger charge is -2.56. The van der Waals surface area contributed by atoms with Crippen LogP contribution in [0.25, 0.3) is 11.4 Å². The van der Waals surface area contributed by atoms with Crippen LogP contribution in [0.4, 0.5) is 0 Å². The van der Waals surface area contributed by atoms with E-state index in [9.17, 15) is 9.90 Å². The van der Waals surface area contributed by atoms with Crippen LogP contribution in [-0.4, -0.2) is 64.2 Å². The average Bonchev–Trinajstić information content (AvgIpc) is 3.38. The summed E-state index contributed by atoms with van der Waals surface area (Å²) in [7, 11) is 2.09. The molecule has 2 aromatic carbocycles. The Kier molecular flexibility index (Phi) is 6.71. The van der Waals surface area contributed by atoms with Gasteiger partial charge in [-0.15, -0.1) is 0 Å². The molecule has 7 nitrogen and oxygen atoms in total. The lowest BCUT2D eigenvalue weighted by Crippen LogP contribution is -2.63. The van der Waals surface area contributed by atoms with Crippen LogP contribution in [-0.2, 0) is 10.4 Å². The number of carbonyl (C=O) groups excluding carboxylic acids is 1. The number of piperidine rings is 1. The maximum Gasteiger partial charge on any atom is 0.230 e. The number of aromatic nitrogens is 2. The SMILES string of the molecule is CC(=O)N1CCC(c2nc(-c3cccc([C@@](O)(c4ccc(C(C)C)cc4)C4(C)CN(C)C4)c3)no2)CC1. The van der Waals surface area contributed by atoms with Gasteiger partial charge in [-0.05, 0) is 48.6 Å². The van der Waals surface area contributed by atoms with E-state index in [-0.39, 0.29) is 17.2 Å². The topological polar surface area (TPSA) is 82.7 Å². The number of aliphatic hydroxyl groups is 1. The van der Waals surface area contributed by atoms with Crippen LogP contribution in [0.3, 0.4) is 0 Å². The molecule has 0 spiro atoms. The minimum atomic E-state index is -1.17. The summed E-state index contributed by atoms with van der Waals surface area (Å²) in [6, 6.07) is 16.3. The number of rotatable bonds is 6. The number of amides is 1. The van der Waals surface area contributed by atoms with Gasteiger partial charge >= 0.3 is 0 Å². The minimum absolute atomic E-state index is 0.110. The van der Waals surface area contributed by atoms with Crippen molar-refractivity contribution in [3.05, 3.63) is 71.1 Å². The summed E-state index contributed by atoms with van der Waals surface area (Å²) in [6.45, 7) is 11.1. The van der Waals surface area contributed by atoms with E-state index >= 15 is 0 Å². The van der Waals surface area contributed by atoms with Gasteiger partial charge < -0.3 is 19.4 Å². The summed E-state index contributed by atoms with van der Waals surface area (Å²) in [6.07, 6.45) is 1.64. The van der Waals surface area contributed by atoms with Gasteiger partial charge in [-0.25, -0.2) is 0 Å². The largest absolute Gasteiger partial charge is 0.380 e. The smallest absolute Gasteiger partial charge is 0.230 e. The molecule has 3 heterocycles. The van der Waals surface area contributed by atoms with Gasteiger partial charge in [-0.3, -0.25) is 4.79 Å². The Hall–Kier alpha value is -3.03. The van der Waals surface area contributed by atoms with Crippen molar-refractivity contribution < 1.29 is 14.4 Å². The van der Waals surface area contributed by atoms with Crippen molar-refractivity contribution in [2.45, 2.75) is 58.0 Å². The molecule has 1 aromatic heterocycles. The fourth-order valence-electron chi connectivity index (χ4n) is 6.19. The zero-order valence-electron chi connectivity index (χ0n) is 22.6. The molecule has 1 atom stereocenters. The molecule has 0 unspecified atom stereocenters. The minimum Gasteiger partial charge on any atom is -0.380 e. The van der Waals surface area contributed by atoms with Crippen LogP contribution in [0.1, 0.15) is 75.0 Å². The van der Waals surface area contributed by atoms with Gasteiger partial charge in [0.15, 0.2) is 0 Å². The fraction of sp³-hybridized carbons (Fsp3) is 0.500. The Bertz CT molecular complexity index is 1250. The van der Waals surface area contributed by atoms with Crippen LogP contribution >= 0.6 is 0 Å². The molecule has 2 fully saturated rings. The maximum absolute atomic E-state index is 12.5. The normalized spacial score (nSPS) is 20.0. The molecule has 196 valence electrons. The average molecular weight is 503 g/mol. The standard InChI is InChI=1S/C30H38N4O3/c1-20(2)22-9-11-25(12-10-22)30(36,29(4)18-33(5)19-29)26-8-6-7-24(17-26)27-31-28(37-32-27)23-13-15-34(16-14-23)21(3)35/h6-12,17,20,23,36H,13-16,18-19H2,1-5H3/t30-/m0/s1. The van der Waals surface area contributed by atoms with Gasteiger partial charge in [0, 0.05) is 50.0 Å². The van der Waals surface area contributed by atoms with Crippen LogP contribution in [0.2, 0.25) is 0 Å². The molecule has 37 heavy (non-hydrogen) atoms. The van der Waals surface area contributed by atoms with E-state index in [1.54, 1.807) is 6.92 Å². The second-order valence-corrected chi connectivity index (χ2v) is 11.5. The third kappa shape index (κ3) is 4.59. The second kappa shape index (κ2) is 9.69. The predicted molar refractivity (Wildman–Crippen MR) is 143 cm³/mol. The number of hydrogen-bond donors (Lipinski definition) is 1. The molecule has 2 aliphatic heterocycles. The molecule has 2 saturated heterocycles.